The van der Waals surface area contributed by atoms with Gasteiger partial charge < -0.3 is 4.42 Å². The van der Waals surface area contributed by atoms with Crippen molar-refractivity contribution >= 4 is 21.9 Å². The maximum atomic E-state index is 9.48. The van der Waals surface area contributed by atoms with Crippen molar-refractivity contribution in [3.63, 3.8) is 0 Å². The van der Waals surface area contributed by atoms with Crippen LogP contribution in [0.3, 0.4) is 0 Å². The van der Waals surface area contributed by atoms with Gasteiger partial charge in [0.2, 0.25) is 0 Å². The molecule has 2 aromatic carbocycles. The van der Waals surface area contributed by atoms with Crippen LogP contribution in [-0.4, -0.2) is 4.98 Å². The second kappa shape index (κ2) is 5.50. The summed E-state index contributed by atoms with van der Waals surface area (Å²) in [5.74, 6) is 0.279. The molecule has 4 aromatic rings. The summed E-state index contributed by atoms with van der Waals surface area (Å²) in [6, 6.07) is 18.2. The first-order valence-electron chi connectivity index (χ1n) is 7.99. The lowest BCUT2D eigenvalue weighted by atomic mass is 9.95. The zero-order valence-corrected chi connectivity index (χ0v) is 13.6. The van der Waals surface area contributed by atoms with Crippen LogP contribution in [0, 0.1) is 11.3 Å². The number of fused-ring (bicyclic) bond motifs is 3. The molecular weight excluding hydrogens is 296 g/mol. The van der Waals surface area contributed by atoms with Gasteiger partial charge in [-0.15, -0.1) is 0 Å². The molecule has 2 heterocycles. The summed E-state index contributed by atoms with van der Waals surface area (Å²) in [5, 5.41) is 11.5. The number of hydrogen-bond donors (Lipinski definition) is 0. The Hall–Kier alpha value is -3.12. The fourth-order valence-corrected chi connectivity index (χ4v) is 3.11. The van der Waals surface area contributed by atoms with Crippen molar-refractivity contribution < 1.29 is 4.42 Å². The molecule has 2 aromatic heterocycles. The highest BCUT2D eigenvalue weighted by Crippen LogP contribution is 2.35. The largest absolute Gasteiger partial charge is 0.456 e. The van der Waals surface area contributed by atoms with E-state index in [2.05, 4.69) is 31.0 Å². The molecular formula is C21H16N2O. The Bertz CT molecular complexity index is 1090. The van der Waals surface area contributed by atoms with Crippen molar-refractivity contribution in [2.75, 3.05) is 0 Å². The molecule has 0 saturated carbocycles. The number of aromatic nitrogens is 1. The first kappa shape index (κ1) is 14.5. The van der Waals surface area contributed by atoms with Gasteiger partial charge in [-0.3, -0.25) is 4.98 Å². The minimum atomic E-state index is 0.279. The molecule has 3 nitrogen and oxygen atoms in total. The number of nitriles is 1. The van der Waals surface area contributed by atoms with Crippen molar-refractivity contribution in [1.29, 1.82) is 5.26 Å². The number of pyridine rings is 1. The third-order valence-corrected chi connectivity index (χ3v) is 4.34. The summed E-state index contributed by atoms with van der Waals surface area (Å²) in [5.41, 5.74) is 5.35. The Morgan fingerprint density at radius 1 is 1.00 bits per heavy atom. The zero-order valence-electron chi connectivity index (χ0n) is 13.6. The lowest BCUT2D eigenvalue weighted by Crippen LogP contribution is -1.92. The average Bonchev–Trinajstić information content (AvgIpc) is 2.98. The second-order valence-corrected chi connectivity index (χ2v) is 6.23. The standard InChI is InChI=1S/C21H16N2O/c1-13(2)16-11-21-18(10-15(16)12-22)17-9-14(6-7-20(17)24-21)19-5-3-4-8-23-19/h3-11,13H,1-2H3. The first-order chi connectivity index (χ1) is 11.7. The van der Waals surface area contributed by atoms with E-state index in [1.165, 1.54) is 0 Å². The van der Waals surface area contributed by atoms with Gasteiger partial charge in [0.05, 0.1) is 17.3 Å². The van der Waals surface area contributed by atoms with Crippen LogP contribution in [0.25, 0.3) is 33.2 Å². The third-order valence-electron chi connectivity index (χ3n) is 4.34. The van der Waals surface area contributed by atoms with Crippen molar-refractivity contribution in [2.24, 2.45) is 0 Å². The summed E-state index contributed by atoms with van der Waals surface area (Å²) in [7, 11) is 0. The predicted octanol–water partition coefficient (Wildman–Crippen LogP) is 5.64. The van der Waals surface area contributed by atoms with E-state index in [4.69, 9.17) is 4.42 Å². The van der Waals surface area contributed by atoms with Crippen LogP contribution >= 0.6 is 0 Å². The minimum Gasteiger partial charge on any atom is -0.456 e. The Balaban J connectivity index is 2.00. The van der Waals surface area contributed by atoms with Crippen molar-refractivity contribution in [3.8, 4) is 17.3 Å². The minimum absolute atomic E-state index is 0.279. The Morgan fingerprint density at radius 3 is 2.54 bits per heavy atom. The molecule has 0 aliphatic heterocycles. The average molecular weight is 312 g/mol. The normalized spacial score (nSPS) is 11.2. The lowest BCUT2D eigenvalue weighted by Gasteiger charge is -2.07. The highest BCUT2D eigenvalue weighted by molar-refractivity contribution is 6.06. The number of furan rings is 1. The number of benzene rings is 2. The van der Waals surface area contributed by atoms with Crippen LogP contribution in [0.4, 0.5) is 0 Å². The first-order valence-corrected chi connectivity index (χ1v) is 7.99. The smallest absolute Gasteiger partial charge is 0.135 e. The van der Waals surface area contributed by atoms with Gasteiger partial charge in [0.15, 0.2) is 0 Å². The topological polar surface area (TPSA) is 49.8 Å². The van der Waals surface area contributed by atoms with E-state index in [0.717, 1.165) is 38.8 Å². The van der Waals surface area contributed by atoms with Crippen molar-refractivity contribution in [2.45, 2.75) is 19.8 Å². The molecule has 0 aliphatic carbocycles. The summed E-state index contributed by atoms with van der Waals surface area (Å²) in [6.45, 7) is 4.17. The van der Waals surface area contributed by atoms with Crippen LogP contribution in [0.1, 0.15) is 30.9 Å². The molecule has 4 rings (SSSR count). The van der Waals surface area contributed by atoms with Gasteiger partial charge >= 0.3 is 0 Å². The van der Waals surface area contributed by atoms with Crippen LogP contribution in [0.2, 0.25) is 0 Å². The molecule has 0 aliphatic rings. The summed E-state index contributed by atoms with van der Waals surface area (Å²) in [4.78, 5) is 4.41. The molecule has 0 fully saturated rings. The molecule has 0 saturated heterocycles. The van der Waals surface area contributed by atoms with Crippen molar-refractivity contribution in [1.82, 2.24) is 4.98 Å². The Kier molecular flexibility index (Phi) is 3.32. The molecule has 0 atom stereocenters. The molecule has 0 unspecified atom stereocenters. The van der Waals surface area contributed by atoms with Gasteiger partial charge in [0, 0.05) is 22.5 Å². The van der Waals surface area contributed by atoms with E-state index in [0.29, 0.717) is 5.56 Å². The van der Waals surface area contributed by atoms with Crippen LogP contribution in [0.15, 0.2) is 59.1 Å². The van der Waals surface area contributed by atoms with E-state index in [1.807, 2.05) is 42.5 Å². The zero-order chi connectivity index (χ0) is 16.7. The summed E-state index contributed by atoms with van der Waals surface area (Å²) >= 11 is 0. The molecule has 0 amide bonds. The predicted molar refractivity (Wildman–Crippen MR) is 95.8 cm³/mol. The quantitative estimate of drug-likeness (QED) is 0.481. The molecule has 0 N–H and O–H groups in total. The monoisotopic (exact) mass is 312 g/mol. The lowest BCUT2D eigenvalue weighted by molar-refractivity contribution is 0.667. The van der Waals surface area contributed by atoms with Gasteiger partial charge in [-0.2, -0.15) is 5.26 Å². The molecule has 0 spiro atoms. The third kappa shape index (κ3) is 2.24. The van der Waals surface area contributed by atoms with E-state index in [1.54, 1.807) is 6.20 Å². The van der Waals surface area contributed by atoms with E-state index in [-0.39, 0.29) is 5.92 Å². The van der Waals surface area contributed by atoms with Gasteiger partial charge in [-0.05, 0) is 53.9 Å². The summed E-state index contributed by atoms with van der Waals surface area (Å²) < 4.78 is 6.00. The second-order valence-electron chi connectivity index (χ2n) is 6.23. The Morgan fingerprint density at radius 2 is 1.83 bits per heavy atom. The Labute approximate surface area is 140 Å². The number of nitrogens with zero attached hydrogens (tertiary/aromatic N) is 2. The number of rotatable bonds is 2. The van der Waals surface area contributed by atoms with Crippen LogP contribution < -0.4 is 0 Å². The van der Waals surface area contributed by atoms with Gasteiger partial charge in [-0.25, -0.2) is 0 Å². The number of hydrogen-bond acceptors (Lipinski definition) is 3. The maximum absolute atomic E-state index is 9.48. The van der Waals surface area contributed by atoms with E-state index < -0.39 is 0 Å². The van der Waals surface area contributed by atoms with Crippen LogP contribution in [0.5, 0.6) is 0 Å². The molecule has 0 radical (unpaired) electrons. The fourth-order valence-electron chi connectivity index (χ4n) is 3.11. The molecule has 24 heavy (non-hydrogen) atoms. The van der Waals surface area contributed by atoms with Gasteiger partial charge in [0.25, 0.3) is 0 Å². The highest BCUT2D eigenvalue weighted by Gasteiger charge is 2.14. The van der Waals surface area contributed by atoms with Gasteiger partial charge in [-0.1, -0.05) is 19.9 Å². The SMILES string of the molecule is CC(C)c1cc2oc3ccc(-c4ccccn4)cc3c2cc1C#N. The van der Waals surface area contributed by atoms with E-state index in [9.17, 15) is 5.26 Å². The summed E-state index contributed by atoms with van der Waals surface area (Å²) in [6.07, 6.45) is 1.79. The van der Waals surface area contributed by atoms with Gasteiger partial charge in [0.1, 0.15) is 11.2 Å². The highest BCUT2D eigenvalue weighted by atomic mass is 16.3. The van der Waals surface area contributed by atoms with Crippen LogP contribution in [-0.2, 0) is 0 Å². The maximum Gasteiger partial charge on any atom is 0.135 e. The molecule has 3 heteroatoms. The fraction of sp³-hybridized carbons (Fsp3) is 0.143. The van der Waals surface area contributed by atoms with Crippen molar-refractivity contribution in [3.05, 3.63) is 65.9 Å². The molecule has 0 bridgehead atoms. The van der Waals surface area contributed by atoms with E-state index >= 15 is 0 Å². The molecule has 116 valence electrons.